The largest absolute Gasteiger partial charge is 0.476 e. The fourth-order valence-electron chi connectivity index (χ4n) is 3.20. The van der Waals surface area contributed by atoms with E-state index in [0.29, 0.717) is 19.0 Å². The normalized spacial score (nSPS) is 17.8. The van der Waals surface area contributed by atoms with Gasteiger partial charge in [-0.05, 0) is 18.9 Å². The van der Waals surface area contributed by atoms with E-state index >= 15 is 0 Å². The average molecular weight is 316 g/mol. The number of benzene rings is 1. The zero-order valence-corrected chi connectivity index (χ0v) is 12.8. The van der Waals surface area contributed by atoms with E-state index in [1.807, 2.05) is 16.8 Å². The fourth-order valence-corrected chi connectivity index (χ4v) is 4.26. The van der Waals surface area contributed by atoms with Crippen LogP contribution in [0, 0.1) is 0 Å². The third-order valence-electron chi connectivity index (χ3n) is 4.26. The molecule has 0 aliphatic carbocycles. The van der Waals surface area contributed by atoms with E-state index in [2.05, 4.69) is 17.2 Å². The van der Waals surface area contributed by atoms with Crippen LogP contribution in [0.1, 0.15) is 34.9 Å². The van der Waals surface area contributed by atoms with Crippen molar-refractivity contribution in [1.82, 2.24) is 9.78 Å². The molecule has 5 nitrogen and oxygen atoms in total. The summed E-state index contributed by atoms with van der Waals surface area (Å²) in [6.07, 6.45) is 1.75. The van der Waals surface area contributed by atoms with Crippen molar-refractivity contribution >= 4 is 17.7 Å². The summed E-state index contributed by atoms with van der Waals surface area (Å²) >= 11 is 1.68. The molecule has 0 unspecified atom stereocenters. The Balaban J connectivity index is 1.91. The van der Waals surface area contributed by atoms with E-state index in [9.17, 15) is 9.90 Å². The summed E-state index contributed by atoms with van der Waals surface area (Å²) < 4.78 is 7.37. The van der Waals surface area contributed by atoms with Gasteiger partial charge in [0.2, 0.25) is 0 Å². The number of hydrogen-bond donors (Lipinski definition) is 1. The summed E-state index contributed by atoms with van der Waals surface area (Å²) in [5.74, 6) is -0.279. The number of aromatic carboxylic acids is 1. The standard InChI is InChI=1S/C16H16N2O3S/c19-16(20)14-12-9-22-13-4-2-1-3-11(13)15(12)18(17-14)10-5-7-21-8-6-10/h1-4,10H,5-9H2,(H,19,20). The molecule has 2 aliphatic rings. The van der Waals surface area contributed by atoms with Gasteiger partial charge in [0.25, 0.3) is 0 Å². The maximum absolute atomic E-state index is 11.6. The van der Waals surface area contributed by atoms with Crippen LogP contribution in [-0.2, 0) is 10.5 Å². The minimum atomic E-state index is -0.943. The van der Waals surface area contributed by atoms with Crippen LogP contribution < -0.4 is 0 Å². The molecule has 0 saturated carbocycles. The van der Waals surface area contributed by atoms with E-state index in [-0.39, 0.29) is 11.7 Å². The first kappa shape index (κ1) is 13.8. The van der Waals surface area contributed by atoms with Crippen LogP contribution in [-0.4, -0.2) is 34.1 Å². The molecule has 1 fully saturated rings. The summed E-state index contributed by atoms with van der Waals surface area (Å²) in [4.78, 5) is 12.8. The number of fused-ring (bicyclic) bond motifs is 3. The van der Waals surface area contributed by atoms with Crippen molar-refractivity contribution in [3.05, 3.63) is 35.5 Å². The van der Waals surface area contributed by atoms with E-state index in [1.54, 1.807) is 11.8 Å². The second kappa shape index (κ2) is 5.44. The molecule has 0 amide bonds. The minimum Gasteiger partial charge on any atom is -0.476 e. The molecule has 1 aromatic carbocycles. The second-order valence-corrected chi connectivity index (χ2v) is 6.57. The molecule has 2 aliphatic heterocycles. The summed E-state index contributed by atoms with van der Waals surface area (Å²) in [5.41, 5.74) is 3.13. The molecule has 1 N–H and O–H groups in total. The van der Waals surface area contributed by atoms with Gasteiger partial charge in [-0.3, -0.25) is 4.68 Å². The SMILES string of the molecule is O=C(O)c1nn(C2CCOCC2)c2c1CSc1ccccc1-2. The first-order chi connectivity index (χ1) is 10.8. The summed E-state index contributed by atoms with van der Waals surface area (Å²) in [7, 11) is 0. The van der Waals surface area contributed by atoms with E-state index in [4.69, 9.17) is 4.74 Å². The molecule has 0 radical (unpaired) electrons. The van der Waals surface area contributed by atoms with E-state index in [1.165, 1.54) is 4.90 Å². The Morgan fingerprint density at radius 3 is 2.86 bits per heavy atom. The Hall–Kier alpha value is -1.79. The van der Waals surface area contributed by atoms with Crippen LogP contribution in [0.25, 0.3) is 11.3 Å². The Bertz CT molecular complexity index is 735. The monoisotopic (exact) mass is 316 g/mol. The molecule has 2 aromatic rings. The highest BCUT2D eigenvalue weighted by molar-refractivity contribution is 7.98. The van der Waals surface area contributed by atoms with Crippen LogP contribution in [0.15, 0.2) is 29.2 Å². The van der Waals surface area contributed by atoms with Crippen molar-refractivity contribution in [2.75, 3.05) is 13.2 Å². The van der Waals surface area contributed by atoms with Gasteiger partial charge in [0.1, 0.15) is 0 Å². The van der Waals surface area contributed by atoms with Crippen molar-refractivity contribution in [3.8, 4) is 11.3 Å². The lowest BCUT2D eigenvalue weighted by atomic mass is 10.0. The predicted molar refractivity (Wildman–Crippen MR) is 83.3 cm³/mol. The third kappa shape index (κ3) is 2.14. The lowest BCUT2D eigenvalue weighted by Crippen LogP contribution is -2.21. The van der Waals surface area contributed by atoms with E-state index < -0.39 is 5.97 Å². The van der Waals surface area contributed by atoms with Crippen LogP contribution in [0.2, 0.25) is 0 Å². The number of hydrogen-bond acceptors (Lipinski definition) is 4. The highest BCUT2D eigenvalue weighted by Crippen LogP contribution is 2.44. The van der Waals surface area contributed by atoms with Crippen molar-refractivity contribution in [3.63, 3.8) is 0 Å². The number of carboxylic acids is 1. The van der Waals surface area contributed by atoms with Gasteiger partial charge in [-0.2, -0.15) is 5.10 Å². The number of ether oxygens (including phenoxy) is 1. The zero-order chi connectivity index (χ0) is 15.1. The molecule has 4 rings (SSSR count). The number of nitrogens with zero attached hydrogens (tertiary/aromatic N) is 2. The van der Waals surface area contributed by atoms with Gasteiger partial charge < -0.3 is 9.84 Å². The fraction of sp³-hybridized carbons (Fsp3) is 0.375. The van der Waals surface area contributed by atoms with Crippen molar-refractivity contribution in [2.24, 2.45) is 0 Å². The van der Waals surface area contributed by atoms with E-state index in [0.717, 1.165) is 29.7 Å². The minimum absolute atomic E-state index is 0.198. The van der Waals surface area contributed by atoms with Gasteiger partial charge in [-0.1, -0.05) is 18.2 Å². The van der Waals surface area contributed by atoms with Crippen LogP contribution in [0.5, 0.6) is 0 Å². The predicted octanol–water partition coefficient (Wildman–Crippen LogP) is 3.21. The zero-order valence-electron chi connectivity index (χ0n) is 12.0. The summed E-state index contributed by atoms with van der Waals surface area (Å²) in [6, 6.07) is 8.38. The summed E-state index contributed by atoms with van der Waals surface area (Å²) in [6.45, 7) is 1.41. The number of rotatable bonds is 2. The molecule has 1 aromatic heterocycles. The third-order valence-corrected chi connectivity index (χ3v) is 5.36. The lowest BCUT2D eigenvalue weighted by molar-refractivity contribution is 0.0648. The van der Waals surface area contributed by atoms with Gasteiger partial charge in [0, 0.05) is 35.0 Å². The molecule has 3 heterocycles. The molecule has 0 bridgehead atoms. The summed E-state index contributed by atoms with van der Waals surface area (Å²) in [5, 5.41) is 14.0. The molecular formula is C16H16N2O3S. The molecule has 22 heavy (non-hydrogen) atoms. The van der Waals surface area contributed by atoms with Crippen LogP contribution >= 0.6 is 11.8 Å². The first-order valence-corrected chi connectivity index (χ1v) is 8.39. The molecule has 1 saturated heterocycles. The van der Waals surface area contributed by atoms with Gasteiger partial charge in [0.15, 0.2) is 5.69 Å². The maximum atomic E-state index is 11.6. The molecule has 6 heteroatoms. The second-order valence-electron chi connectivity index (χ2n) is 5.55. The Kier molecular flexibility index (Phi) is 3.43. The quantitative estimate of drug-likeness (QED) is 0.921. The van der Waals surface area contributed by atoms with Gasteiger partial charge in [-0.25, -0.2) is 4.79 Å². The van der Waals surface area contributed by atoms with Crippen LogP contribution in [0.4, 0.5) is 0 Å². The highest BCUT2D eigenvalue weighted by atomic mass is 32.2. The van der Waals surface area contributed by atoms with Crippen molar-refractivity contribution < 1.29 is 14.6 Å². The molecular weight excluding hydrogens is 300 g/mol. The Morgan fingerprint density at radius 1 is 1.32 bits per heavy atom. The molecule has 114 valence electrons. The Labute approximate surface area is 132 Å². The molecule has 0 atom stereocenters. The van der Waals surface area contributed by atoms with Gasteiger partial charge in [0.05, 0.1) is 11.7 Å². The average Bonchev–Trinajstić information content (AvgIpc) is 2.96. The lowest BCUT2D eigenvalue weighted by Gasteiger charge is -2.26. The van der Waals surface area contributed by atoms with Crippen LogP contribution in [0.3, 0.4) is 0 Å². The maximum Gasteiger partial charge on any atom is 0.356 e. The van der Waals surface area contributed by atoms with Gasteiger partial charge in [-0.15, -0.1) is 11.8 Å². The molecule has 0 spiro atoms. The smallest absolute Gasteiger partial charge is 0.356 e. The number of carboxylic acid groups (broad SMARTS) is 1. The van der Waals surface area contributed by atoms with Crippen molar-refractivity contribution in [1.29, 1.82) is 0 Å². The Morgan fingerprint density at radius 2 is 2.09 bits per heavy atom. The first-order valence-electron chi connectivity index (χ1n) is 7.40. The van der Waals surface area contributed by atoms with Crippen molar-refractivity contribution in [2.45, 2.75) is 29.5 Å². The number of aromatic nitrogens is 2. The number of thioether (sulfide) groups is 1. The van der Waals surface area contributed by atoms with Gasteiger partial charge >= 0.3 is 5.97 Å². The topological polar surface area (TPSA) is 64.3 Å². The highest BCUT2D eigenvalue weighted by Gasteiger charge is 2.31. The number of carbonyl (C=O) groups is 1.